The van der Waals surface area contributed by atoms with Gasteiger partial charge in [-0.15, -0.1) is 0 Å². The van der Waals surface area contributed by atoms with Crippen molar-refractivity contribution in [3.05, 3.63) is 34.4 Å². The molecule has 0 aliphatic carbocycles. The molecular formula is C17H27NO. The van der Waals surface area contributed by atoms with Crippen molar-refractivity contribution in [3.63, 3.8) is 0 Å². The van der Waals surface area contributed by atoms with Gasteiger partial charge in [0, 0.05) is 18.6 Å². The molecule has 1 fully saturated rings. The summed E-state index contributed by atoms with van der Waals surface area (Å²) >= 11 is 0. The lowest BCUT2D eigenvalue weighted by Crippen LogP contribution is -2.24. The maximum atomic E-state index is 6.56. The average Bonchev–Trinajstić information content (AvgIpc) is 2.99. The van der Waals surface area contributed by atoms with E-state index in [1.807, 2.05) is 0 Å². The molecule has 2 heteroatoms. The third-order valence-corrected chi connectivity index (χ3v) is 4.39. The summed E-state index contributed by atoms with van der Waals surface area (Å²) in [5.74, 6) is 0.489. The molecular weight excluding hydrogens is 234 g/mol. The minimum absolute atomic E-state index is 0.137. The summed E-state index contributed by atoms with van der Waals surface area (Å²) in [5, 5.41) is 0. The first kappa shape index (κ1) is 14.5. The van der Waals surface area contributed by atoms with Gasteiger partial charge in [0.2, 0.25) is 0 Å². The Labute approximate surface area is 117 Å². The molecule has 1 saturated heterocycles. The van der Waals surface area contributed by atoms with Crippen LogP contribution in [0, 0.1) is 5.92 Å². The van der Waals surface area contributed by atoms with Gasteiger partial charge in [-0.05, 0) is 47.9 Å². The molecule has 0 saturated carbocycles. The summed E-state index contributed by atoms with van der Waals surface area (Å²) in [6.45, 7) is 8.38. The summed E-state index contributed by atoms with van der Waals surface area (Å²) in [7, 11) is 0. The van der Waals surface area contributed by atoms with E-state index in [-0.39, 0.29) is 6.04 Å². The molecule has 0 radical (unpaired) electrons. The summed E-state index contributed by atoms with van der Waals surface area (Å²) in [6.07, 6.45) is 4.33. The van der Waals surface area contributed by atoms with Gasteiger partial charge in [0.15, 0.2) is 0 Å². The van der Waals surface area contributed by atoms with Gasteiger partial charge >= 0.3 is 0 Å². The van der Waals surface area contributed by atoms with Gasteiger partial charge in [-0.3, -0.25) is 0 Å². The maximum absolute atomic E-state index is 6.56. The van der Waals surface area contributed by atoms with E-state index in [1.54, 1.807) is 0 Å². The highest BCUT2D eigenvalue weighted by molar-refractivity contribution is 5.42. The predicted octanol–water partition coefficient (Wildman–Crippen LogP) is 3.41. The van der Waals surface area contributed by atoms with Crippen LogP contribution in [-0.4, -0.2) is 13.2 Å². The summed E-state index contributed by atoms with van der Waals surface area (Å²) < 4.78 is 5.51. The molecule has 2 unspecified atom stereocenters. The Bertz CT molecular complexity index is 396. The highest BCUT2D eigenvalue weighted by atomic mass is 16.5. The molecule has 19 heavy (non-hydrogen) atoms. The second-order valence-electron chi connectivity index (χ2n) is 5.54. The van der Waals surface area contributed by atoms with Gasteiger partial charge in [0.1, 0.15) is 0 Å². The van der Waals surface area contributed by atoms with Crippen molar-refractivity contribution in [1.29, 1.82) is 0 Å². The van der Waals surface area contributed by atoms with Gasteiger partial charge in [-0.1, -0.05) is 32.9 Å². The van der Waals surface area contributed by atoms with Crippen LogP contribution in [-0.2, 0) is 24.0 Å². The van der Waals surface area contributed by atoms with E-state index < -0.39 is 0 Å². The third kappa shape index (κ3) is 3.01. The van der Waals surface area contributed by atoms with Gasteiger partial charge in [0.25, 0.3) is 0 Å². The lowest BCUT2D eigenvalue weighted by atomic mass is 9.84. The zero-order chi connectivity index (χ0) is 13.8. The number of aryl methyl sites for hydroxylation is 3. The fourth-order valence-corrected chi connectivity index (χ4v) is 3.14. The van der Waals surface area contributed by atoms with Crippen LogP contribution >= 0.6 is 0 Å². The summed E-state index contributed by atoms with van der Waals surface area (Å²) in [6, 6.07) is 4.84. The van der Waals surface area contributed by atoms with E-state index in [4.69, 9.17) is 10.5 Å². The Morgan fingerprint density at radius 2 is 1.79 bits per heavy atom. The van der Waals surface area contributed by atoms with E-state index >= 15 is 0 Å². The molecule has 2 rings (SSSR count). The molecule has 2 atom stereocenters. The molecule has 0 aromatic heterocycles. The lowest BCUT2D eigenvalue weighted by Gasteiger charge is -2.25. The average molecular weight is 261 g/mol. The van der Waals surface area contributed by atoms with Crippen LogP contribution in [0.15, 0.2) is 12.1 Å². The third-order valence-electron chi connectivity index (χ3n) is 4.39. The first-order valence-corrected chi connectivity index (χ1v) is 7.69. The van der Waals surface area contributed by atoms with E-state index in [2.05, 4.69) is 32.9 Å². The van der Waals surface area contributed by atoms with Crippen LogP contribution in [0.25, 0.3) is 0 Å². The van der Waals surface area contributed by atoms with E-state index in [0.717, 1.165) is 38.9 Å². The molecule has 0 spiro atoms. The van der Waals surface area contributed by atoms with Crippen molar-refractivity contribution in [2.24, 2.45) is 11.7 Å². The van der Waals surface area contributed by atoms with Gasteiger partial charge in [-0.25, -0.2) is 0 Å². The zero-order valence-electron chi connectivity index (χ0n) is 12.5. The summed E-state index contributed by atoms with van der Waals surface area (Å²) in [5.41, 5.74) is 12.3. The van der Waals surface area contributed by atoms with Crippen LogP contribution in [0.2, 0.25) is 0 Å². The highest BCUT2D eigenvalue weighted by Gasteiger charge is 2.27. The maximum Gasteiger partial charge on any atom is 0.0513 e. The molecule has 0 bridgehead atoms. The highest BCUT2D eigenvalue weighted by Crippen LogP contribution is 2.32. The van der Waals surface area contributed by atoms with E-state index in [0.29, 0.717) is 5.92 Å². The molecule has 1 aromatic rings. The quantitative estimate of drug-likeness (QED) is 0.881. The first-order chi connectivity index (χ1) is 9.21. The second kappa shape index (κ2) is 6.53. The molecule has 1 heterocycles. The lowest BCUT2D eigenvalue weighted by molar-refractivity contribution is 0.180. The van der Waals surface area contributed by atoms with Crippen LogP contribution in [0.5, 0.6) is 0 Å². The van der Waals surface area contributed by atoms with E-state index in [9.17, 15) is 0 Å². The number of hydrogen-bond acceptors (Lipinski definition) is 2. The number of ether oxygens (including phenoxy) is 1. The van der Waals surface area contributed by atoms with Gasteiger partial charge in [-0.2, -0.15) is 0 Å². The Kier molecular flexibility index (Phi) is 5.00. The van der Waals surface area contributed by atoms with Crippen LogP contribution in [0.4, 0.5) is 0 Å². The Balaban J connectivity index is 2.40. The molecule has 106 valence electrons. The molecule has 0 amide bonds. The molecule has 1 aliphatic heterocycles. The molecule has 1 aromatic carbocycles. The Morgan fingerprint density at radius 1 is 1.16 bits per heavy atom. The largest absolute Gasteiger partial charge is 0.381 e. The van der Waals surface area contributed by atoms with E-state index in [1.165, 1.54) is 22.3 Å². The monoisotopic (exact) mass is 261 g/mol. The minimum atomic E-state index is 0.137. The second-order valence-corrected chi connectivity index (χ2v) is 5.54. The van der Waals surface area contributed by atoms with Crippen molar-refractivity contribution in [2.45, 2.75) is 52.5 Å². The van der Waals surface area contributed by atoms with Crippen molar-refractivity contribution in [3.8, 4) is 0 Å². The molecule has 2 nitrogen and oxygen atoms in total. The number of nitrogens with two attached hydrogens (primary N) is 1. The molecule has 2 N–H and O–H groups in total. The van der Waals surface area contributed by atoms with Crippen molar-refractivity contribution >= 4 is 0 Å². The molecule has 1 aliphatic rings. The smallest absolute Gasteiger partial charge is 0.0513 e. The van der Waals surface area contributed by atoms with Crippen molar-refractivity contribution < 1.29 is 4.74 Å². The van der Waals surface area contributed by atoms with Gasteiger partial charge < -0.3 is 10.5 Å². The standard InChI is InChI=1S/C17H27NO/c1-4-12-9-13(5-2)16(14(6-3)10-12)17(18)15-7-8-19-11-15/h9-10,15,17H,4-8,11,18H2,1-3H3. The predicted molar refractivity (Wildman–Crippen MR) is 80.4 cm³/mol. The van der Waals surface area contributed by atoms with Gasteiger partial charge in [0.05, 0.1) is 6.61 Å². The Hall–Kier alpha value is -0.860. The minimum Gasteiger partial charge on any atom is -0.381 e. The topological polar surface area (TPSA) is 35.2 Å². The van der Waals surface area contributed by atoms with Crippen LogP contribution in [0.1, 0.15) is 55.5 Å². The van der Waals surface area contributed by atoms with Crippen molar-refractivity contribution in [1.82, 2.24) is 0 Å². The number of hydrogen-bond donors (Lipinski definition) is 1. The SMILES string of the molecule is CCc1cc(CC)c(C(N)C2CCOC2)c(CC)c1. The van der Waals surface area contributed by atoms with Crippen molar-refractivity contribution in [2.75, 3.05) is 13.2 Å². The normalized spacial score (nSPS) is 20.7. The fraction of sp³-hybridized carbons (Fsp3) is 0.647. The number of rotatable bonds is 5. The fourth-order valence-electron chi connectivity index (χ4n) is 3.14. The zero-order valence-corrected chi connectivity index (χ0v) is 12.5. The number of benzene rings is 1. The Morgan fingerprint density at radius 3 is 2.21 bits per heavy atom. The first-order valence-electron chi connectivity index (χ1n) is 7.69. The van der Waals surface area contributed by atoms with Crippen LogP contribution < -0.4 is 5.73 Å². The van der Waals surface area contributed by atoms with Crippen LogP contribution in [0.3, 0.4) is 0 Å². The summed E-state index contributed by atoms with van der Waals surface area (Å²) in [4.78, 5) is 0.